The minimum Gasteiger partial charge on any atom is -0.385 e. The molecule has 1 aliphatic heterocycles. The molecule has 2 aliphatic rings. The molecule has 6 nitrogen and oxygen atoms in total. The molecule has 0 spiro atoms. The quantitative estimate of drug-likeness (QED) is 0.344. The van der Waals surface area contributed by atoms with E-state index in [9.17, 15) is 4.79 Å². The summed E-state index contributed by atoms with van der Waals surface area (Å²) in [4.78, 5) is 18.5. The van der Waals surface area contributed by atoms with Gasteiger partial charge in [0, 0.05) is 40.4 Å². The summed E-state index contributed by atoms with van der Waals surface area (Å²) in [5.41, 5.74) is 0.310. The Hall–Kier alpha value is -0.570. The van der Waals surface area contributed by atoms with Gasteiger partial charge in [0.25, 0.3) is 0 Å². The van der Waals surface area contributed by atoms with Gasteiger partial charge in [-0.1, -0.05) is 12.8 Å². The Labute approximate surface area is 169 Å². The second-order valence-corrected chi connectivity index (χ2v) is 7.17. The number of rotatable bonds is 7. The van der Waals surface area contributed by atoms with Gasteiger partial charge < -0.3 is 20.3 Å². The predicted octanol–water partition coefficient (Wildman–Crippen LogP) is 2.38. The average Bonchev–Trinajstić information content (AvgIpc) is 3.10. The first-order valence-electron chi connectivity index (χ1n) is 9.40. The highest BCUT2D eigenvalue weighted by Crippen LogP contribution is 2.40. The van der Waals surface area contributed by atoms with E-state index >= 15 is 0 Å². The monoisotopic (exact) mass is 466 g/mol. The van der Waals surface area contributed by atoms with E-state index in [-0.39, 0.29) is 29.9 Å². The summed E-state index contributed by atoms with van der Waals surface area (Å²) >= 11 is 0. The van der Waals surface area contributed by atoms with Gasteiger partial charge in [-0.05, 0) is 43.9 Å². The van der Waals surface area contributed by atoms with Crippen LogP contribution in [-0.2, 0) is 9.53 Å². The molecule has 1 aliphatic carbocycles. The number of piperidine rings is 1. The van der Waals surface area contributed by atoms with Crippen molar-refractivity contribution in [3.8, 4) is 0 Å². The van der Waals surface area contributed by atoms with E-state index in [0.717, 1.165) is 51.5 Å². The number of halogens is 1. The Balaban J connectivity index is 0.00000312. The molecule has 0 unspecified atom stereocenters. The van der Waals surface area contributed by atoms with Crippen molar-refractivity contribution in [2.75, 3.05) is 46.9 Å². The van der Waals surface area contributed by atoms with Crippen molar-refractivity contribution in [1.82, 2.24) is 15.5 Å². The smallest absolute Gasteiger partial charge is 0.241 e. The molecular formula is C18H35IN4O2. The average molecular weight is 466 g/mol. The molecule has 1 heterocycles. The number of carbonyl (C=O) groups excluding carboxylic acids is 1. The summed E-state index contributed by atoms with van der Waals surface area (Å²) in [5, 5.41) is 6.61. The van der Waals surface area contributed by atoms with Crippen LogP contribution < -0.4 is 10.6 Å². The molecule has 0 radical (unpaired) electrons. The zero-order chi connectivity index (χ0) is 17.3. The topological polar surface area (TPSA) is 66.0 Å². The van der Waals surface area contributed by atoms with Crippen molar-refractivity contribution in [2.45, 2.75) is 51.4 Å². The van der Waals surface area contributed by atoms with Crippen LogP contribution in [0, 0.1) is 5.41 Å². The lowest BCUT2D eigenvalue weighted by Crippen LogP contribution is -2.48. The van der Waals surface area contributed by atoms with E-state index in [1.807, 2.05) is 4.90 Å². The number of methoxy groups -OCH3 is 1. The molecule has 2 N–H and O–H groups in total. The highest BCUT2D eigenvalue weighted by Gasteiger charge is 2.33. The maximum atomic E-state index is 12.2. The molecule has 0 aromatic heterocycles. The van der Waals surface area contributed by atoms with E-state index in [2.05, 4.69) is 15.6 Å². The highest BCUT2D eigenvalue weighted by atomic mass is 127. The van der Waals surface area contributed by atoms with Gasteiger partial charge in [-0.2, -0.15) is 0 Å². The van der Waals surface area contributed by atoms with Crippen LogP contribution in [0.5, 0.6) is 0 Å². The number of aliphatic imine (C=N–C) groups is 1. The number of likely N-dealkylation sites (tertiary alicyclic amines) is 1. The fraction of sp³-hybridized carbons (Fsp3) is 0.889. The van der Waals surface area contributed by atoms with Crippen LogP contribution in [0.4, 0.5) is 0 Å². The summed E-state index contributed by atoms with van der Waals surface area (Å²) in [7, 11) is 3.53. The number of hydrogen-bond donors (Lipinski definition) is 2. The number of amides is 1. The lowest BCUT2D eigenvalue weighted by Gasteiger charge is -2.30. The predicted molar refractivity (Wildman–Crippen MR) is 113 cm³/mol. The molecule has 1 amide bonds. The fourth-order valence-corrected chi connectivity index (χ4v) is 3.87. The van der Waals surface area contributed by atoms with Crippen LogP contribution in [0.2, 0.25) is 0 Å². The highest BCUT2D eigenvalue weighted by molar-refractivity contribution is 14.0. The minimum absolute atomic E-state index is 0. The number of guanidine groups is 1. The number of hydrogen-bond acceptors (Lipinski definition) is 3. The molecule has 2 fully saturated rings. The van der Waals surface area contributed by atoms with Crippen LogP contribution in [0.1, 0.15) is 51.4 Å². The molecule has 0 atom stereocenters. The molecule has 0 aromatic rings. The molecule has 2 rings (SSSR count). The fourth-order valence-electron chi connectivity index (χ4n) is 3.87. The zero-order valence-electron chi connectivity index (χ0n) is 15.8. The summed E-state index contributed by atoms with van der Waals surface area (Å²) in [6.07, 6.45) is 9.65. The summed E-state index contributed by atoms with van der Waals surface area (Å²) < 4.78 is 5.28. The van der Waals surface area contributed by atoms with Gasteiger partial charge in [0.15, 0.2) is 5.96 Å². The molecular weight excluding hydrogens is 431 g/mol. The van der Waals surface area contributed by atoms with Gasteiger partial charge in [0.2, 0.25) is 5.91 Å². The zero-order valence-corrected chi connectivity index (χ0v) is 18.1. The van der Waals surface area contributed by atoms with Gasteiger partial charge in [0.1, 0.15) is 0 Å². The van der Waals surface area contributed by atoms with Crippen LogP contribution >= 0.6 is 24.0 Å². The Morgan fingerprint density at radius 2 is 1.80 bits per heavy atom. The molecule has 146 valence electrons. The second kappa shape index (κ2) is 11.9. The third-order valence-electron chi connectivity index (χ3n) is 5.47. The van der Waals surface area contributed by atoms with E-state index in [4.69, 9.17) is 4.74 Å². The first-order valence-corrected chi connectivity index (χ1v) is 9.40. The summed E-state index contributed by atoms with van der Waals surface area (Å²) in [5.74, 6) is 0.900. The van der Waals surface area contributed by atoms with Crippen LogP contribution in [0.25, 0.3) is 0 Å². The van der Waals surface area contributed by atoms with Gasteiger partial charge in [-0.25, -0.2) is 0 Å². The number of nitrogens with zero attached hydrogens (tertiary/aromatic N) is 2. The third-order valence-corrected chi connectivity index (χ3v) is 5.47. The Morgan fingerprint density at radius 1 is 1.12 bits per heavy atom. The first-order chi connectivity index (χ1) is 11.7. The van der Waals surface area contributed by atoms with E-state index < -0.39 is 0 Å². The first kappa shape index (κ1) is 22.5. The van der Waals surface area contributed by atoms with Crippen LogP contribution in [-0.4, -0.2) is 63.7 Å². The van der Waals surface area contributed by atoms with Crippen molar-refractivity contribution in [1.29, 1.82) is 0 Å². The van der Waals surface area contributed by atoms with E-state index in [1.165, 1.54) is 32.1 Å². The maximum absolute atomic E-state index is 12.2. The third kappa shape index (κ3) is 7.29. The lowest BCUT2D eigenvalue weighted by molar-refractivity contribution is -0.130. The molecule has 25 heavy (non-hydrogen) atoms. The summed E-state index contributed by atoms with van der Waals surface area (Å²) in [6, 6.07) is 0. The van der Waals surface area contributed by atoms with E-state index in [0.29, 0.717) is 12.0 Å². The normalized spacial score (nSPS) is 20.1. The van der Waals surface area contributed by atoms with Crippen LogP contribution in [0.3, 0.4) is 0 Å². The van der Waals surface area contributed by atoms with Crippen molar-refractivity contribution in [3.63, 3.8) is 0 Å². The molecule has 7 heteroatoms. The molecule has 0 aromatic carbocycles. The standard InChI is InChI=1S/C18H34N4O2.HI/c1-19-17(20-14-16(23)22-11-6-3-7-12-22)21-15-18(10-13-24-2)8-4-5-9-18;/h3-15H2,1-2H3,(H2,19,20,21);1H. The molecule has 0 bridgehead atoms. The van der Waals surface area contributed by atoms with Crippen LogP contribution in [0.15, 0.2) is 4.99 Å². The number of ether oxygens (including phenoxy) is 1. The van der Waals surface area contributed by atoms with Crippen molar-refractivity contribution < 1.29 is 9.53 Å². The second-order valence-electron chi connectivity index (χ2n) is 7.17. The van der Waals surface area contributed by atoms with Crippen molar-refractivity contribution in [2.24, 2.45) is 10.4 Å². The van der Waals surface area contributed by atoms with Crippen molar-refractivity contribution >= 4 is 35.8 Å². The Bertz CT molecular complexity index is 419. The molecule has 1 saturated carbocycles. The summed E-state index contributed by atoms with van der Waals surface area (Å²) in [6.45, 7) is 3.82. The SMILES string of the molecule is CN=C(NCC(=O)N1CCCCC1)NCC1(CCOC)CCCC1.I. The van der Waals surface area contributed by atoms with Gasteiger partial charge in [0.05, 0.1) is 6.54 Å². The number of nitrogens with one attached hydrogen (secondary N) is 2. The molecule has 1 saturated heterocycles. The Kier molecular flexibility index (Phi) is 10.7. The minimum atomic E-state index is 0. The van der Waals surface area contributed by atoms with E-state index in [1.54, 1.807) is 14.2 Å². The van der Waals surface area contributed by atoms with Gasteiger partial charge in [-0.3, -0.25) is 9.79 Å². The van der Waals surface area contributed by atoms with Gasteiger partial charge >= 0.3 is 0 Å². The maximum Gasteiger partial charge on any atom is 0.241 e. The Morgan fingerprint density at radius 3 is 2.40 bits per heavy atom. The lowest BCUT2D eigenvalue weighted by atomic mass is 9.83. The van der Waals surface area contributed by atoms with Crippen molar-refractivity contribution in [3.05, 3.63) is 0 Å². The number of carbonyl (C=O) groups is 1. The van der Waals surface area contributed by atoms with Gasteiger partial charge in [-0.15, -0.1) is 24.0 Å². The largest absolute Gasteiger partial charge is 0.385 e.